The van der Waals surface area contributed by atoms with Gasteiger partial charge in [-0.1, -0.05) is 12.1 Å². The predicted molar refractivity (Wildman–Crippen MR) is 72.2 cm³/mol. The van der Waals surface area contributed by atoms with E-state index in [-0.39, 0.29) is 18.3 Å². The van der Waals surface area contributed by atoms with Crippen LogP contribution in [0.25, 0.3) is 0 Å². The Bertz CT molecular complexity index is 698. The van der Waals surface area contributed by atoms with E-state index in [1.165, 1.54) is 17.0 Å². The predicted octanol–water partition coefficient (Wildman–Crippen LogP) is 3.64. The Morgan fingerprint density at radius 1 is 1.05 bits per heavy atom. The van der Waals surface area contributed by atoms with Crippen LogP contribution in [0.15, 0.2) is 48.5 Å². The zero-order chi connectivity index (χ0) is 15.7. The first-order valence-corrected chi connectivity index (χ1v) is 6.35. The number of anilines is 2. The number of carbonyl (C=O) groups excluding carboxylic acids is 1. The molecule has 0 saturated heterocycles. The molecule has 0 radical (unpaired) electrons. The number of hydrogen-bond acceptors (Lipinski definition) is 3. The van der Waals surface area contributed by atoms with Gasteiger partial charge in [0.15, 0.2) is 6.61 Å². The highest BCUT2D eigenvalue weighted by Crippen LogP contribution is 2.37. The molecule has 1 aliphatic heterocycles. The summed E-state index contributed by atoms with van der Waals surface area (Å²) in [6.07, 6.45) is -4.75. The fourth-order valence-electron chi connectivity index (χ4n) is 2.18. The molecule has 1 aliphatic rings. The van der Waals surface area contributed by atoms with Gasteiger partial charge in [0, 0.05) is 5.69 Å². The van der Waals surface area contributed by atoms with Gasteiger partial charge in [-0.15, -0.1) is 13.2 Å². The van der Waals surface area contributed by atoms with E-state index >= 15 is 0 Å². The van der Waals surface area contributed by atoms with Crippen LogP contribution in [0.3, 0.4) is 0 Å². The van der Waals surface area contributed by atoms with Crippen LogP contribution < -0.4 is 14.4 Å². The molecular formula is C15H10F3NO3. The highest BCUT2D eigenvalue weighted by molar-refractivity contribution is 6.04. The van der Waals surface area contributed by atoms with E-state index in [1.807, 2.05) is 0 Å². The second-order valence-corrected chi connectivity index (χ2v) is 4.53. The van der Waals surface area contributed by atoms with Crippen molar-refractivity contribution in [2.75, 3.05) is 11.5 Å². The van der Waals surface area contributed by atoms with Crippen molar-refractivity contribution in [3.63, 3.8) is 0 Å². The first-order valence-electron chi connectivity index (χ1n) is 6.35. The Labute approximate surface area is 123 Å². The van der Waals surface area contributed by atoms with Crippen molar-refractivity contribution in [1.29, 1.82) is 0 Å². The molecule has 1 amide bonds. The van der Waals surface area contributed by atoms with Crippen molar-refractivity contribution in [3.05, 3.63) is 48.5 Å². The normalized spacial score (nSPS) is 14.3. The molecule has 3 rings (SSSR count). The second kappa shape index (κ2) is 5.25. The topological polar surface area (TPSA) is 38.8 Å². The van der Waals surface area contributed by atoms with Gasteiger partial charge in [0.2, 0.25) is 0 Å². The minimum absolute atomic E-state index is 0.127. The van der Waals surface area contributed by atoms with Crippen molar-refractivity contribution < 1.29 is 27.4 Å². The summed E-state index contributed by atoms with van der Waals surface area (Å²) in [5.41, 5.74) is 0.985. The standard InChI is InChI=1S/C15H10F3NO3/c16-15(17,18)22-11-7-5-10(6-8-11)19-12-3-1-2-4-13(12)21-9-14(19)20/h1-8H,9H2. The number of amides is 1. The van der Waals surface area contributed by atoms with Gasteiger partial charge >= 0.3 is 6.36 Å². The summed E-state index contributed by atoms with van der Waals surface area (Å²) in [5.74, 6) is -0.105. The first-order chi connectivity index (χ1) is 10.4. The lowest BCUT2D eigenvalue weighted by molar-refractivity contribution is -0.274. The molecule has 0 bridgehead atoms. The van der Waals surface area contributed by atoms with Gasteiger partial charge in [0.1, 0.15) is 11.5 Å². The third kappa shape index (κ3) is 2.83. The van der Waals surface area contributed by atoms with Crippen LogP contribution >= 0.6 is 0 Å². The molecule has 0 N–H and O–H groups in total. The summed E-state index contributed by atoms with van der Waals surface area (Å²) in [7, 11) is 0. The summed E-state index contributed by atoms with van der Waals surface area (Å²) < 4.78 is 45.6. The molecule has 0 spiro atoms. The maximum Gasteiger partial charge on any atom is 0.573 e. The van der Waals surface area contributed by atoms with Crippen LogP contribution in [-0.4, -0.2) is 18.9 Å². The van der Waals surface area contributed by atoms with Gasteiger partial charge in [-0.25, -0.2) is 0 Å². The third-order valence-corrected chi connectivity index (χ3v) is 3.04. The van der Waals surface area contributed by atoms with E-state index in [9.17, 15) is 18.0 Å². The molecule has 2 aromatic rings. The molecule has 0 atom stereocenters. The minimum atomic E-state index is -4.75. The minimum Gasteiger partial charge on any atom is -0.482 e. The number of benzene rings is 2. The molecule has 2 aromatic carbocycles. The highest BCUT2D eigenvalue weighted by Gasteiger charge is 2.31. The number of halogens is 3. The number of fused-ring (bicyclic) bond motifs is 1. The Morgan fingerprint density at radius 3 is 2.41 bits per heavy atom. The molecule has 0 unspecified atom stereocenters. The van der Waals surface area contributed by atoms with Crippen LogP contribution in [0.1, 0.15) is 0 Å². The molecule has 1 heterocycles. The number of carbonyl (C=O) groups is 1. The number of hydrogen-bond donors (Lipinski definition) is 0. The number of ether oxygens (including phenoxy) is 2. The first kappa shape index (κ1) is 14.2. The van der Waals surface area contributed by atoms with Crippen LogP contribution in [0.5, 0.6) is 11.5 Å². The zero-order valence-electron chi connectivity index (χ0n) is 11.1. The van der Waals surface area contributed by atoms with E-state index in [0.717, 1.165) is 12.1 Å². The number of alkyl halides is 3. The van der Waals surface area contributed by atoms with Crippen LogP contribution in [0.4, 0.5) is 24.5 Å². The van der Waals surface area contributed by atoms with Gasteiger partial charge < -0.3 is 9.47 Å². The van der Waals surface area contributed by atoms with E-state index in [2.05, 4.69) is 4.74 Å². The summed E-state index contributed by atoms with van der Waals surface area (Å²) in [6, 6.07) is 12.0. The lowest BCUT2D eigenvalue weighted by Crippen LogP contribution is -2.35. The van der Waals surface area contributed by atoms with Gasteiger partial charge in [-0.05, 0) is 36.4 Å². The zero-order valence-corrected chi connectivity index (χ0v) is 11.1. The van der Waals surface area contributed by atoms with E-state index in [0.29, 0.717) is 17.1 Å². The molecule has 0 aliphatic carbocycles. The van der Waals surface area contributed by atoms with Gasteiger partial charge in [0.05, 0.1) is 5.69 Å². The smallest absolute Gasteiger partial charge is 0.482 e. The second-order valence-electron chi connectivity index (χ2n) is 4.53. The highest BCUT2D eigenvalue weighted by atomic mass is 19.4. The fourth-order valence-corrected chi connectivity index (χ4v) is 2.18. The number of nitrogens with zero attached hydrogens (tertiary/aromatic N) is 1. The molecule has 114 valence electrons. The average molecular weight is 309 g/mol. The monoisotopic (exact) mass is 309 g/mol. The van der Waals surface area contributed by atoms with Crippen molar-refractivity contribution in [3.8, 4) is 11.5 Å². The van der Waals surface area contributed by atoms with E-state index < -0.39 is 6.36 Å². The molecule has 7 heteroatoms. The lowest BCUT2D eigenvalue weighted by Gasteiger charge is -2.29. The third-order valence-electron chi connectivity index (χ3n) is 3.04. The summed E-state index contributed by atoms with van der Waals surface area (Å²) >= 11 is 0. The molecule has 0 aromatic heterocycles. The van der Waals surface area contributed by atoms with E-state index in [4.69, 9.17) is 4.74 Å². The van der Waals surface area contributed by atoms with Crippen molar-refractivity contribution >= 4 is 17.3 Å². The van der Waals surface area contributed by atoms with Crippen molar-refractivity contribution in [1.82, 2.24) is 0 Å². The summed E-state index contributed by atoms with van der Waals surface area (Å²) in [4.78, 5) is 13.5. The molecule has 0 fully saturated rings. The molecular weight excluding hydrogens is 299 g/mol. The van der Waals surface area contributed by atoms with Crippen LogP contribution in [0.2, 0.25) is 0 Å². The number of para-hydroxylation sites is 2. The molecule has 4 nitrogen and oxygen atoms in total. The van der Waals surface area contributed by atoms with Gasteiger partial charge in [0.25, 0.3) is 5.91 Å². The summed E-state index contributed by atoms with van der Waals surface area (Å²) in [6.45, 7) is -0.127. The SMILES string of the molecule is O=C1COc2ccccc2N1c1ccc(OC(F)(F)F)cc1. The summed E-state index contributed by atoms with van der Waals surface area (Å²) in [5, 5.41) is 0. The maximum atomic E-state index is 12.2. The van der Waals surface area contributed by atoms with Crippen LogP contribution in [-0.2, 0) is 4.79 Å². The van der Waals surface area contributed by atoms with Crippen molar-refractivity contribution in [2.45, 2.75) is 6.36 Å². The lowest BCUT2D eigenvalue weighted by atomic mass is 10.2. The van der Waals surface area contributed by atoms with Gasteiger partial charge in [-0.3, -0.25) is 9.69 Å². The average Bonchev–Trinajstić information content (AvgIpc) is 2.47. The quantitative estimate of drug-likeness (QED) is 0.850. The Hall–Kier alpha value is -2.70. The Morgan fingerprint density at radius 2 is 1.73 bits per heavy atom. The molecule has 22 heavy (non-hydrogen) atoms. The largest absolute Gasteiger partial charge is 0.573 e. The Balaban J connectivity index is 1.92. The Kier molecular flexibility index (Phi) is 3.40. The van der Waals surface area contributed by atoms with Crippen molar-refractivity contribution in [2.24, 2.45) is 0 Å². The number of rotatable bonds is 2. The van der Waals surface area contributed by atoms with Gasteiger partial charge in [-0.2, -0.15) is 0 Å². The molecule has 0 saturated carbocycles. The van der Waals surface area contributed by atoms with E-state index in [1.54, 1.807) is 24.3 Å². The maximum absolute atomic E-state index is 12.2. The van der Waals surface area contributed by atoms with Crippen LogP contribution in [0, 0.1) is 0 Å². The fraction of sp³-hybridized carbons (Fsp3) is 0.133.